The third-order valence-electron chi connectivity index (χ3n) is 4.74. The zero-order valence-electron chi connectivity index (χ0n) is 15.8. The van der Waals surface area contributed by atoms with Gasteiger partial charge in [-0.15, -0.1) is 0 Å². The number of aryl methyl sites for hydroxylation is 1. The summed E-state index contributed by atoms with van der Waals surface area (Å²) in [7, 11) is 0. The first-order valence-electron chi connectivity index (χ1n) is 9.31. The van der Waals surface area contributed by atoms with Crippen molar-refractivity contribution < 1.29 is 22.7 Å². The Labute approximate surface area is 161 Å². The molecular formula is C19H23F3N4O2. The number of carbonyl (C=O) groups excluding carboxylic acids is 1. The zero-order chi connectivity index (χ0) is 20.3. The lowest BCUT2D eigenvalue weighted by Gasteiger charge is -2.31. The van der Waals surface area contributed by atoms with Gasteiger partial charge >= 0.3 is 6.18 Å². The predicted molar refractivity (Wildman–Crippen MR) is 96.2 cm³/mol. The third kappa shape index (κ3) is 4.45. The molecule has 1 aliphatic heterocycles. The van der Waals surface area contributed by atoms with E-state index in [1.54, 1.807) is 17.0 Å². The minimum atomic E-state index is -4.44. The van der Waals surface area contributed by atoms with Crippen LogP contribution in [-0.4, -0.2) is 45.5 Å². The zero-order valence-corrected chi connectivity index (χ0v) is 15.8. The number of carbonyl (C=O) groups is 1. The van der Waals surface area contributed by atoms with Crippen LogP contribution in [0, 0.1) is 6.92 Å². The van der Waals surface area contributed by atoms with E-state index < -0.39 is 11.9 Å². The van der Waals surface area contributed by atoms with Crippen LogP contribution in [-0.2, 0) is 6.18 Å². The molecule has 0 atom stereocenters. The number of pyridine rings is 1. The Morgan fingerprint density at radius 3 is 2.64 bits per heavy atom. The van der Waals surface area contributed by atoms with Crippen LogP contribution in [0.4, 0.5) is 13.2 Å². The Hall–Kier alpha value is -2.58. The van der Waals surface area contributed by atoms with Gasteiger partial charge in [0.05, 0.1) is 12.8 Å². The normalized spacial score (nSPS) is 15.7. The SMILES string of the molecule is CCCOc1nc(C)ccc1C(=O)N1CCC(c2ncc(C(F)(F)F)[nH]2)CC1. The van der Waals surface area contributed by atoms with Crippen LogP contribution in [0.2, 0.25) is 0 Å². The van der Waals surface area contributed by atoms with Crippen LogP contribution in [0.15, 0.2) is 18.3 Å². The molecule has 0 saturated carbocycles. The van der Waals surface area contributed by atoms with E-state index in [1.165, 1.54) is 0 Å². The number of aromatic amines is 1. The number of halogens is 3. The predicted octanol–water partition coefficient (Wildman–Crippen LogP) is 3.94. The number of rotatable bonds is 5. The molecule has 1 saturated heterocycles. The molecule has 3 rings (SSSR count). The number of hydrogen-bond acceptors (Lipinski definition) is 4. The van der Waals surface area contributed by atoms with Crippen LogP contribution < -0.4 is 4.74 Å². The number of aromatic nitrogens is 3. The fourth-order valence-corrected chi connectivity index (χ4v) is 3.22. The van der Waals surface area contributed by atoms with Gasteiger partial charge in [0.2, 0.25) is 5.88 Å². The number of hydrogen-bond donors (Lipinski definition) is 1. The van der Waals surface area contributed by atoms with E-state index >= 15 is 0 Å². The van der Waals surface area contributed by atoms with Crippen molar-refractivity contribution in [2.24, 2.45) is 0 Å². The molecule has 6 nitrogen and oxygen atoms in total. The van der Waals surface area contributed by atoms with E-state index in [1.807, 2.05) is 13.8 Å². The van der Waals surface area contributed by atoms with Gasteiger partial charge in [-0.25, -0.2) is 9.97 Å². The van der Waals surface area contributed by atoms with Crippen LogP contribution >= 0.6 is 0 Å². The summed E-state index contributed by atoms with van der Waals surface area (Å²) in [5.74, 6) is 0.345. The first-order chi connectivity index (χ1) is 13.3. The molecule has 2 aromatic heterocycles. The minimum Gasteiger partial charge on any atom is -0.477 e. The van der Waals surface area contributed by atoms with Gasteiger partial charge in [-0.3, -0.25) is 4.79 Å². The van der Waals surface area contributed by atoms with Crippen molar-refractivity contribution in [2.45, 2.75) is 45.2 Å². The van der Waals surface area contributed by atoms with Crippen molar-refractivity contribution in [3.05, 3.63) is 41.1 Å². The largest absolute Gasteiger partial charge is 0.477 e. The molecule has 1 N–H and O–H groups in total. The maximum Gasteiger partial charge on any atom is 0.432 e. The molecule has 1 fully saturated rings. The lowest BCUT2D eigenvalue weighted by Crippen LogP contribution is -2.38. The topological polar surface area (TPSA) is 71.1 Å². The summed E-state index contributed by atoms with van der Waals surface area (Å²) < 4.78 is 43.8. The summed E-state index contributed by atoms with van der Waals surface area (Å²) in [4.78, 5) is 25.2. The first kappa shape index (κ1) is 20.2. The van der Waals surface area contributed by atoms with Crippen molar-refractivity contribution in [2.75, 3.05) is 19.7 Å². The molecule has 2 aromatic rings. The lowest BCUT2D eigenvalue weighted by atomic mass is 9.95. The summed E-state index contributed by atoms with van der Waals surface area (Å²) in [6.45, 7) is 5.15. The van der Waals surface area contributed by atoms with E-state index in [-0.39, 0.29) is 11.8 Å². The van der Waals surface area contributed by atoms with Crippen molar-refractivity contribution in [3.63, 3.8) is 0 Å². The highest BCUT2D eigenvalue weighted by Gasteiger charge is 2.34. The number of imidazole rings is 1. The Morgan fingerprint density at radius 1 is 1.32 bits per heavy atom. The highest BCUT2D eigenvalue weighted by Crippen LogP contribution is 2.32. The molecule has 0 unspecified atom stereocenters. The van der Waals surface area contributed by atoms with Crippen molar-refractivity contribution in [3.8, 4) is 5.88 Å². The smallest absolute Gasteiger partial charge is 0.432 e. The summed E-state index contributed by atoms with van der Waals surface area (Å²) in [5.41, 5.74) is 0.332. The van der Waals surface area contributed by atoms with Crippen LogP contribution in [0.1, 0.15) is 59.7 Å². The number of H-pyrrole nitrogens is 1. The molecule has 28 heavy (non-hydrogen) atoms. The molecule has 152 valence electrons. The lowest BCUT2D eigenvalue weighted by molar-refractivity contribution is -0.141. The molecule has 1 amide bonds. The number of alkyl halides is 3. The third-order valence-corrected chi connectivity index (χ3v) is 4.74. The molecular weight excluding hydrogens is 373 g/mol. The summed E-state index contributed by atoms with van der Waals surface area (Å²) in [5, 5.41) is 0. The standard InChI is InChI=1S/C19H23F3N4O2/c1-3-10-28-17-14(5-4-12(2)24-17)18(27)26-8-6-13(7-9-26)16-23-11-15(25-16)19(20,21)22/h4-5,11,13H,3,6-10H2,1-2H3,(H,23,25). The van der Waals surface area contributed by atoms with Crippen molar-refractivity contribution in [1.82, 2.24) is 19.9 Å². The van der Waals surface area contributed by atoms with Crippen LogP contribution in [0.5, 0.6) is 5.88 Å². The number of likely N-dealkylation sites (tertiary alicyclic amines) is 1. The number of nitrogens with zero attached hydrogens (tertiary/aromatic N) is 3. The fraction of sp³-hybridized carbons (Fsp3) is 0.526. The van der Waals surface area contributed by atoms with Crippen LogP contribution in [0.3, 0.4) is 0 Å². The van der Waals surface area contributed by atoms with Gasteiger partial charge in [0.15, 0.2) is 0 Å². The number of piperidine rings is 1. The molecule has 0 aromatic carbocycles. The average Bonchev–Trinajstić information content (AvgIpc) is 3.17. The summed E-state index contributed by atoms with van der Waals surface area (Å²) >= 11 is 0. The number of nitrogens with one attached hydrogen (secondary N) is 1. The van der Waals surface area contributed by atoms with E-state index in [9.17, 15) is 18.0 Å². The second-order valence-electron chi connectivity index (χ2n) is 6.90. The van der Waals surface area contributed by atoms with Crippen molar-refractivity contribution >= 4 is 5.91 Å². The summed E-state index contributed by atoms with van der Waals surface area (Å²) in [6, 6.07) is 3.48. The Morgan fingerprint density at radius 2 is 2.04 bits per heavy atom. The second kappa shape index (κ2) is 8.20. The Bertz CT molecular complexity index is 827. The second-order valence-corrected chi connectivity index (χ2v) is 6.90. The van der Waals surface area contributed by atoms with Crippen molar-refractivity contribution in [1.29, 1.82) is 0 Å². The fourth-order valence-electron chi connectivity index (χ4n) is 3.22. The Kier molecular flexibility index (Phi) is 5.90. The molecule has 0 bridgehead atoms. The maximum absolute atomic E-state index is 12.9. The van der Waals surface area contributed by atoms with E-state index in [0.717, 1.165) is 18.3 Å². The first-order valence-corrected chi connectivity index (χ1v) is 9.31. The van der Waals surface area contributed by atoms with Gasteiger partial charge in [0, 0.05) is 24.7 Å². The monoisotopic (exact) mass is 396 g/mol. The van der Waals surface area contributed by atoms with E-state index in [4.69, 9.17) is 4.74 Å². The summed E-state index contributed by atoms with van der Waals surface area (Å²) in [6.07, 6.45) is -1.73. The molecule has 3 heterocycles. The average molecular weight is 396 g/mol. The van der Waals surface area contributed by atoms with Gasteiger partial charge in [0.25, 0.3) is 5.91 Å². The van der Waals surface area contributed by atoms with E-state index in [0.29, 0.717) is 49.8 Å². The minimum absolute atomic E-state index is 0.132. The maximum atomic E-state index is 12.9. The molecule has 9 heteroatoms. The van der Waals surface area contributed by atoms with Gasteiger partial charge in [-0.05, 0) is 38.3 Å². The quantitative estimate of drug-likeness (QED) is 0.831. The molecule has 0 aliphatic carbocycles. The van der Waals surface area contributed by atoms with Gasteiger partial charge < -0.3 is 14.6 Å². The molecule has 0 radical (unpaired) electrons. The van der Waals surface area contributed by atoms with Crippen LogP contribution in [0.25, 0.3) is 0 Å². The van der Waals surface area contributed by atoms with Gasteiger partial charge in [0.1, 0.15) is 17.1 Å². The van der Waals surface area contributed by atoms with Gasteiger partial charge in [-0.2, -0.15) is 13.2 Å². The highest BCUT2D eigenvalue weighted by atomic mass is 19.4. The highest BCUT2D eigenvalue weighted by molar-refractivity contribution is 5.96. The van der Waals surface area contributed by atoms with Gasteiger partial charge in [-0.1, -0.05) is 6.92 Å². The Balaban J connectivity index is 1.66. The molecule has 1 aliphatic rings. The number of ether oxygens (including phenoxy) is 1. The number of amides is 1. The molecule has 0 spiro atoms. The van der Waals surface area contributed by atoms with E-state index in [2.05, 4.69) is 15.0 Å².